The second kappa shape index (κ2) is 7.68. The zero-order valence-electron chi connectivity index (χ0n) is 15.2. The van der Waals surface area contributed by atoms with Crippen LogP contribution in [-0.4, -0.2) is 10.2 Å². The maximum absolute atomic E-state index is 9.72. The van der Waals surface area contributed by atoms with Crippen molar-refractivity contribution in [3.05, 3.63) is 67.8 Å². The molecule has 6 nitrogen and oxygen atoms in total. The first-order valence-corrected chi connectivity index (χ1v) is 9.97. The van der Waals surface area contributed by atoms with Crippen LogP contribution in [0.15, 0.2) is 40.1 Å². The molecule has 0 fully saturated rings. The highest BCUT2D eigenvalue weighted by molar-refractivity contribution is 6.41. The number of H-pyrrole nitrogens is 1. The number of aromatic nitrogens is 2. The summed E-state index contributed by atoms with van der Waals surface area (Å²) in [4.78, 5) is 0. The Labute approximate surface area is 181 Å². The lowest BCUT2D eigenvalue weighted by atomic mass is 9.87. The average Bonchev–Trinajstić information content (AvgIpc) is 3.28. The summed E-state index contributed by atoms with van der Waals surface area (Å²) in [6.45, 7) is 2.05. The molecule has 0 bridgehead atoms. The lowest BCUT2D eigenvalue weighted by Gasteiger charge is -2.22. The Hall–Kier alpha value is -2.59. The molecule has 0 spiro atoms. The third kappa shape index (κ3) is 3.36. The van der Waals surface area contributed by atoms with Crippen molar-refractivity contribution >= 4 is 34.8 Å². The van der Waals surface area contributed by atoms with Gasteiger partial charge in [-0.15, -0.1) is 5.10 Å². The second-order valence-electron chi connectivity index (χ2n) is 6.54. The fourth-order valence-electron chi connectivity index (χ4n) is 3.45. The zero-order chi connectivity index (χ0) is 20.7. The summed E-state index contributed by atoms with van der Waals surface area (Å²) in [5.74, 6) is 0.749. The smallest absolute Gasteiger partial charge is 0.244 e. The van der Waals surface area contributed by atoms with Crippen LogP contribution in [0.5, 0.6) is 5.88 Å². The molecule has 1 aromatic carbocycles. The van der Waals surface area contributed by atoms with Gasteiger partial charge in [0, 0.05) is 10.7 Å². The van der Waals surface area contributed by atoms with Crippen LogP contribution in [0.3, 0.4) is 0 Å². The Balaban J connectivity index is 1.86. The molecule has 0 radical (unpaired) electrons. The lowest BCUT2D eigenvalue weighted by Crippen LogP contribution is -2.21. The van der Waals surface area contributed by atoms with E-state index in [9.17, 15) is 5.26 Å². The second-order valence-corrected chi connectivity index (χ2v) is 7.79. The van der Waals surface area contributed by atoms with Gasteiger partial charge in [0.2, 0.25) is 11.8 Å². The first kappa shape index (κ1) is 19.7. The molecule has 9 heteroatoms. The van der Waals surface area contributed by atoms with E-state index < -0.39 is 5.92 Å². The van der Waals surface area contributed by atoms with E-state index in [-0.39, 0.29) is 11.5 Å². The number of hydrogen-bond donors (Lipinski definition) is 2. The average molecular weight is 450 g/mol. The number of benzene rings is 1. The molecule has 148 valence electrons. The predicted octanol–water partition coefficient (Wildman–Crippen LogP) is 5.80. The third-order valence-corrected chi connectivity index (χ3v) is 5.50. The first-order chi connectivity index (χ1) is 13.9. The Bertz CT molecular complexity index is 1150. The molecule has 1 atom stereocenters. The third-order valence-electron chi connectivity index (χ3n) is 4.68. The quantitative estimate of drug-likeness (QED) is 0.524. The van der Waals surface area contributed by atoms with Crippen LogP contribution in [0.4, 0.5) is 0 Å². The summed E-state index contributed by atoms with van der Waals surface area (Å²) < 4.78 is 11.7. The maximum atomic E-state index is 9.72. The molecule has 0 saturated heterocycles. The Morgan fingerprint density at radius 1 is 1.24 bits per heavy atom. The summed E-state index contributed by atoms with van der Waals surface area (Å²) in [7, 11) is 0. The number of nitrogens with zero attached hydrogens (tertiary/aromatic N) is 2. The van der Waals surface area contributed by atoms with Gasteiger partial charge in [-0.1, -0.05) is 48.1 Å². The summed E-state index contributed by atoms with van der Waals surface area (Å²) in [5.41, 5.74) is 8.37. The van der Waals surface area contributed by atoms with Crippen LogP contribution in [0.2, 0.25) is 15.1 Å². The number of nitrogens with two attached hydrogens (primary N) is 1. The summed E-state index contributed by atoms with van der Waals surface area (Å²) in [6.07, 6.45) is 1.63. The van der Waals surface area contributed by atoms with E-state index in [1.165, 1.54) is 0 Å². The van der Waals surface area contributed by atoms with E-state index >= 15 is 0 Å². The number of nitriles is 1. The number of aromatic amines is 1. The molecule has 3 heterocycles. The molecule has 0 aliphatic carbocycles. The molecule has 0 saturated carbocycles. The van der Waals surface area contributed by atoms with Crippen molar-refractivity contribution in [1.82, 2.24) is 10.2 Å². The van der Waals surface area contributed by atoms with Crippen LogP contribution in [-0.2, 0) is 6.42 Å². The number of fused-ring (bicyclic) bond motifs is 1. The molecule has 3 aromatic rings. The molecule has 0 amide bonds. The van der Waals surface area contributed by atoms with Gasteiger partial charge in [0.25, 0.3) is 0 Å². The predicted molar refractivity (Wildman–Crippen MR) is 111 cm³/mol. The largest absolute Gasteiger partial charge is 0.460 e. The fourth-order valence-corrected chi connectivity index (χ4v) is 4.46. The Morgan fingerprint density at radius 3 is 2.62 bits per heavy atom. The highest BCUT2D eigenvalue weighted by Gasteiger charge is 2.37. The molecule has 1 aliphatic heterocycles. The van der Waals surface area contributed by atoms with Crippen molar-refractivity contribution < 1.29 is 9.15 Å². The summed E-state index contributed by atoms with van der Waals surface area (Å²) >= 11 is 18.7. The van der Waals surface area contributed by atoms with Crippen molar-refractivity contribution in [1.29, 1.82) is 5.26 Å². The number of rotatable bonds is 4. The van der Waals surface area contributed by atoms with Gasteiger partial charge in [-0.05, 0) is 30.7 Å². The number of ether oxygens (including phenoxy) is 1. The first-order valence-electron chi connectivity index (χ1n) is 8.84. The van der Waals surface area contributed by atoms with E-state index in [0.29, 0.717) is 38.0 Å². The van der Waals surface area contributed by atoms with Gasteiger partial charge >= 0.3 is 0 Å². The molecule has 4 rings (SSSR count). The SMILES string of the molecule is CCCc1[nH]nc2c1[C@H](c1ccc(-c3c(Cl)cc(Cl)cc3Cl)o1)C(C#N)=C(N)O2. The normalized spacial score (nSPS) is 15.8. The van der Waals surface area contributed by atoms with E-state index in [1.54, 1.807) is 24.3 Å². The van der Waals surface area contributed by atoms with Crippen molar-refractivity contribution in [2.45, 2.75) is 25.7 Å². The van der Waals surface area contributed by atoms with E-state index in [2.05, 4.69) is 23.2 Å². The van der Waals surface area contributed by atoms with Gasteiger partial charge in [0.15, 0.2) is 0 Å². The minimum Gasteiger partial charge on any atom is -0.460 e. The van der Waals surface area contributed by atoms with Crippen molar-refractivity contribution in [2.75, 3.05) is 0 Å². The highest BCUT2D eigenvalue weighted by Crippen LogP contribution is 2.45. The molecule has 0 unspecified atom stereocenters. The molecule has 3 N–H and O–H groups in total. The van der Waals surface area contributed by atoms with Gasteiger partial charge in [-0.3, -0.25) is 5.10 Å². The van der Waals surface area contributed by atoms with Crippen molar-refractivity contribution in [3.63, 3.8) is 0 Å². The van der Waals surface area contributed by atoms with Gasteiger partial charge in [-0.2, -0.15) is 5.26 Å². The van der Waals surface area contributed by atoms with Crippen LogP contribution in [0.25, 0.3) is 11.3 Å². The van der Waals surface area contributed by atoms with E-state index in [0.717, 1.165) is 24.1 Å². The van der Waals surface area contributed by atoms with Gasteiger partial charge in [0.1, 0.15) is 23.2 Å². The number of hydrogen-bond acceptors (Lipinski definition) is 5. The van der Waals surface area contributed by atoms with Gasteiger partial charge < -0.3 is 14.9 Å². The molecule has 29 heavy (non-hydrogen) atoms. The lowest BCUT2D eigenvalue weighted by molar-refractivity contribution is 0.371. The van der Waals surface area contributed by atoms with Crippen LogP contribution in [0, 0.1) is 11.3 Å². The van der Waals surface area contributed by atoms with Gasteiger partial charge in [-0.25, -0.2) is 0 Å². The molecule has 1 aliphatic rings. The maximum Gasteiger partial charge on any atom is 0.244 e. The molecular formula is C20H15Cl3N4O2. The number of halogens is 3. The molecule has 2 aromatic heterocycles. The standard InChI is InChI=1S/C20H15Cl3N4O2/c1-2-3-13-18-16(10(8-24)19(25)29-20(18)27-26-13)14-4-5-15(28-14)17-11(22)6-9(21)7-12(17)23/h4-7,16H,2-3,25H2,1H3,(H,26,27)/t16-/m0/s1. The number of furan rings is 1. The minimum absolute atomic E-state index is 0.0000520. The van der Waals surface area contributed by atoms with Crippen LogP contribution >= 0.6 is 34.8 Å². The topological polar surface area (TPSA) is 101 Å². The fraction of sp³-hybridized carbons (Fsp3) is 0.200. The number of nitrogens with one attached hydrogen (secondary N) is 1. The van der Waals surface area contributed by atoms with E-state index in [4.69, 9.17) is 49.7 Å². The van der Waals surface area contributed by atoms with Crippen LogP contribution < -0.4 is 10.5 Å². The Morgan fingerprint density at radius 2 is 1.97 bits per heavy atom. The molecular weight excluding hydrogens is 435 g/mol. The van der Waals surface area contributed by atoms with Crippen molar-refractivity contribution in [3.8, 4) is 23.3 Å². The monoisotopic (exact) mass is 448 g/mol. The minimum atomic E-state index is -0.553. The summed E-state index contributed by atoms with van der Waals surface area (Å²) in [6, 6.07) is 8.83. The van der Waals surface area contributed by atoms with Gasteiger partial charge in [0.05, 0.1) is 27.1 Å². The zero-order valence-corrected chi connectivity index (χ0v) is 17.5. The summed E-state index contributed by atoms with van der Waals surface area (Å²) in [5, 5.41) is 18.1. The number of aryl methyl sites for hydroxylation is 1. The Kier molecular flexibility index (Phi) is 5.22. The highest BCUT2D eigenvalue weighted by atomic mass is 35.5. The van der Waals surface area contributed by atoms with Crippen molar-refractivity contribution in [2.24, 2.45) is 5.73 Å². The van der Waals surface area contributed by atoms with E-state index in [1.807, 2.05) is 0 Å². The number of allylic oxidation sites excluding steroid dienone is 1. The van der Waals surface area contributed by atoms with Crippen LogP contribution in [0.1, 0.15) is 36.3 Å².